The Hall–Kier alpha value is -2.76. The predicted octanol–water partition coefficient (Wildman–Crippen LogP) is 5.03. The van der Waals surface area contributed by atoms with Gasteiger partial charge in [0.1, 0.15) is 22.6 Å². The Kier molecular flexibility index (Phi) is 6.41. The third kappa shape index (κ3) is 4.69. The highest BCUT2D eigenvalue weighted by atomic mass is 35.5. The van der Waals surface area contributed by atoms with Crippen molar-refractivity contribution >= 4 is 17.3 Å². The summed E-state index contributed by atoms with van der Waals surface area (Å²) < 4.78 is 12.1. The molecule has 4 rings (SSSR count). The van der Waals surface area contributed by atoms with E-state index in [2.05, 4.69) is 16.0 Å². The maximum atomic E-state index is 9.58. The number of para-hydroxylation sites is 1. The first-order valence-corrected chi connectivity index (χ1v) is 10.5. The first kappa shape index (κ1) is 20.5. The second kappa shape index (κ2) is 9.37. The quantitative estimate of drug-likeness (QED) is 0.576. The zero-order chi connectivity index (χ0) is 20.9. The molecule has 156 valence electrons. The number of halogens is 1. The molecule has 0 saturated carbocycles. The number of nitrogens with zero attached hydrogens (tertiary/aromatic N) is 2. The Morgan fingerprint density at radius 1 is 1.17 bits per heavy atom. The van der Waals surface area contributed by atoms with E-state index < -0.39 is 0 Å². The molecule has 1 saturated heterocycles. The van der Waals surface area contributed by atoms with Crippen LogP contribution in [0.3, 0.4) is 0 Å². The molecule has 30 heavy (non-hydrogen) atoms. The molecule has 0 unspecified atom stereocenters. The monoisotopic (exact) mass is 424 g/mol. The molecule has 1 fully saturated rings. The van der Waals surface area contributed by atoms with Gasteiger partial charge in [-0.15, -0.1) is 0 Å². The van der Waals surface area contributed by atoms with Gasteiger partial charge in [0.15, 0.2) is 0 Å². The molecule has 5 nitrogen and oxygen atoms in total. The van der Waals surface area contributed by atoms with E-state index in [1.807, 2.05) is 43.3 Å². The number of hydrogen-bond donors (Lipinski definition) is 1. The number of pyridine rings is 1. The molecule has 1 aliphatic heterocycles. The van der Waals surface area contributed by atoms with E-state index in [1.165, 1.54) is 0 Å². The van der Waals surface area contributed by atoms with Crippen molar-refractivity contribution in [1.29, 1.82) is 0 Å². The van der Waals surface area contributed by atoms with Gasteiger partial charge in [-0.05, 0) is 60.9 Å². The fraction of sp³-hybridized carbons (Fsp3) is 0.292. The van der Waals surface area contributed by atoms with Crippen LogP contribution in [0.2, 0.25) is 5.02 Å². The average molecular weight is 425 g/mol. The molecule has 6 heteroatoms. The molecule has 3 aromatic rings. The third-order valence-corrected chi connectivity index (χ3v) is 5.53. The molecule has 1 N–H and O–H groups in total. The molecular formula is C24H25ClN2O3. The molecule has 0 amide bonds. The number of anilines is 1. The lowest BCUT2D eigenvalue weighted by molar-refractivity contribution is 0.216. The van der Waals surface area contributed by atoms with Crippen LogP contribution in [-0.2, 0) is 6.42 Å². The SMILES string of the molecule is Cc1ccccc1Oc1ccc(N2CC[C@H](Oc3ncccc3Cl)C2)c(CCO)c1. The number of aryl methyl sites for hydroxylation is 1. The van der Waals surface area contributed by atoms with E-state index in [0.717, 1.165) is 47.8 Å². The average Bonchev–Trinajstić information content (AvgIpc) is 3.20. The van der Waals surface area contributed by atoms with Crippen LogP contribution in [0.4, 0.5) is 5.69 Å². The van der Waals surface area contributed by atoms with Crippen LogP contribution >= 0.6 is 11.6 Å². The lowest BCUT2D eigenvalue weighted by Crippen LogP contribution is -2.25. The fourth-order valence-corrected chi connectivity index (χ4v) is 3.88. The van der Waals surface area contributed by atoms with Crippen molar-refractivity contribution in [1.82, 2.24) is 4.98 Å². The van der Waals surface area contributed by atoms with Crippen molar-refractivity contribution in [3.8, 4) is 17.4 Å². The first-order chi connectivity index (χ1) is 14.6. The van der Waals surface area contributed by atoms with Gasteiger partial charge in [0, 0.05) is 31.5 Å². The number of benzene rings is 2. The van der Waals surface area contributed by atoms with Crippen molar-refractivity contribution in [2.75, 3.05) is 24.6 Å². The number of aliphatic hydroxyl groups excluding tert-OH is 1. The normalized spacial score (nSPS) is 16.0. The largest absolute Gasteiger partial charge is 0.471 e. The van der Waals surface area contributed by atoms with Crippen LogP contribution < -0.4 is 14.4 Å². The molecular weight excluding hydrogens is 400 g/mol. The van der Waals surface area contributed by atoms with E-state index in [9.17, 15) is 5.11 Å². The third-order valence-electron chi connectivity index (χ3n) is 5.24. The Morgan fingerprint density at radius 2 is 2.03 bits per heavy atom. The molecule has 0 aliphatic carbocycles. The first-order valence-electron chi connectivity index (χ1n) is 10.1. The molecule has 2 heterocycles. The predicted molar refractivity (Wildman–Crippen MR) is 119 cm³/mol. The highest BCUT2D eigenvalue weighted by Crippen LogP contribution is 2.33. The Balaban J connectivity index is 1.49. The van der Waals surface area contributed by atoms with Gasteiger partial charge in [-0.2, -0.15) is 0 Å². The minimum atomic E-state index is 0.0160. The molecule has 2 aromatic carbocycles. The van der Waals surface area contributed by atoms with Gasteiger partial charge in [-0.25, -0.2) is 4.98 Å². The second-order valence-corrected chi connectivity index (χ2v) is 7.80. The molecule has 1 atom stereocenters. The van der Waals surface area contributed by atoms with Crippen molar-refractivity contribution in [2.45, 2.75) is 25.9 Å². The molecule has 0 radical (unpaired) electrons. The van der Waals surface area contributed by atoms with Gasteiger partial charge in [0.25, 0.3) is 0 Å². The molecule has 0 bridgehead atoms. The summed E-state index contributed by atoms with van der Waals surface area (Å²) in [7, 11) is 0. The van der Waals surface area contributed by atoms with E-state index in [1.54, 1.807) is 18.3 Å². The Morgan fingerprint density at radius 3 is 2.83 bits per heavy atom. The molecule has 1 aliphatic rings. The van der Waals surface area contributed by atoms with Gasteiger partial charge in [-0.3, -0.25) is 0 Å². The minimum absolute atomic E-state index is 0.0160. The minimum Gasteiger partial charge on any atom is -0.471 e. The van der Waals surface area contributed by atoms with Crippen molar-refractivity contribution in [3.63, 3.8) is 0 Å². The van der Waals surface area contributed by atoms with Gasteiger partial charge in [0.05, 0.1) is 6.54 Å². The van der Waals surface area contributed by atoms with Crippen molar-refractivity contribution in [2.24, 2.45) is 0 Å². The van der Waals surface area contributed by atoms with Crippen LogP contribution in [0.15, 0.2) is 60.8 Å². The van der Waals surface area contributed by atoms with E-state index in [4.69, 9.17) is 21.1 Å². The number of rotatable bonds is 7. The Bertz CT molecular complexity index is 1010. The standard InChI is InChI=1S/C24H25ClN2O3/c1-17-5-2-3-7-23(17)29-19-8-9-22(18(15-19)11-14-28)27-13-10-20(16-27)30-24-21(25)6-4-12-26-24/h2-9,12,15,20,28H,10-11,13-14,16H2,1H3/t20-/m0/s1. The summed E-state index contributed by atoms with van der Waals surface area (Å²) in [6.07, 6.45) is 3.14. The fourth-order valence-electron chi connectivity index (χ4n) is 3.71. The lowest BCUT2D eigenvalue weighted by atomic mass is 10.1. The summed E-state index contributed by atoms with van der Waals surface area (Å²) in [6.45, 7) is 3.71. The summed E-state index contributed by atoms with van der Waals surface area (Å²) >= 11 is 6.17. The van der Waals surface area contributed by atoms with Crippen LogP contribution in [0, 0.1) is 6.92 Å². The van der Waals surface area contributed by atoms with Crippen LogP contribution in [0.1, 0.15) is 17.5 Å². The van der Waals surface area contributed by atoms with Gasteiger partial charge in [-0.1, -0.05) is 29.8 Å². The summed E-state index contributed by atoms with van der Waals surface area (Å²) in [4.78, 5) is 6.50. The summed E-state index contributed by atoms with van der Waals surface area (Å²) in [5.74, 6) is 2.08. The molecule has 0 spiro atoms. The van der Waals surface area contributed by atoms with Crippen LogP contribution in [0.25, 0.3) is 0 Å². The van der Waals surface area contributed by atoms with E-state index >= 15 is 0 Å². The highest BCUT2D eigenvalue weighted by Gasteiger charge is 2.26. The maximum absolute atomic E-state index is 9.58. The number of hydrogen-bond acceptors (Lipinski definition) is 5. The summed E-state index contributed by atoms with van der Waals surface area (Å²) in [5.41, 5.74) is 3.23. The van der Waals surface area contributed by atoms with Gasteiger partial charge < -0.3 is 19.5 Å². The zero-order valence-electron chi connectivity index (χ0n) is 16.9. The van der Waals surface area contributed by atoms with Crippen molar-refractivity contribution in [3.05, 3.63) is 76.9 Å². The highest BCUT2D eigenvalue weighted by molar-refractivity contribution is 6.31. The smallest absolute Gasteiger partial charge is 0.232 e. The maximum Gasteiger partial charge on any atom is 0.232 e. The Labute approximate surface area is 181 Å². The summed E-state index contributed by atoms with van der Waals surface area (Å²) in [6, 6.07) is 17.6. The molecule has 1 aromatic heterocycles. The van der Waals surface area contributed by atoms with Crippen LogP contribution in [-0.4, -0.2) is 35.9 Å². The van der Waals surface area contributed by atoms with Crippen LogP contribution in [0.5, 0.6) is 17.4 Å². The number of ether oxygens (including phenoxy) is 2. The lowest BCUT2D eigenvalue weighted by Gasteiger charge is -2.23. The van der Waals surface area contributed by atoms with E-state index in [0.29, 0.717) is 17.3 Å². The summed E-state index contributed by atoms with van der Waals surface area (Å²) in [5, 5.41) is 10.1. The van der Waals surface area contributed by atoms with Gasteiger partial charge in [0.2, 0.25) is 5.88 Å². The number of aromatic nitrogens is 1. The second-order valence-electron chi connectivity index (χ2n) is 7.40. The number of aliphatic hydroxyl groups is 1. The topological polar surface area (TPSA) is 54.8 Å². The van der Waals surface area contributed by atoms with E-state index in [-0.39, 0.29) is 12.7 Å². The van der Waals surface area contributed by atoms with Crippen molar-refractivity contribution < 1.29 is 14.6 Å². The van der Waals surface area contributed by atoms with Gasteiger partial charge >= 0.3 is 0 Å². The zero-order valence-corrected chi connectivity index (χ0v) is 17.7.